The summed E-state index contributed by atoms with van der Waals surface area (Å²) in [5.41, 5.74) is 1.17. The van der Waals surface area contributed by atoms with Gasteiger partial charge in [-0.15, -0.1) is 0 Å². The molecular weight excluding hydrogens is 248 g/mol. The zero-order valence-corrected chi connectivity index (χ0v) is 9.49. The molecule has 0 atom stereocenters. The topological polar surface area (TPSA) is 9.23 Å². The van der Waals surface area contributed by atoms with Gasteiger partial charge in [0.25, 0.3) is 0 Å². The first-order chi connectivity index (χ1) is 4.97. The van der Waals surface area contributed by atoms with E-state index >= 15 is 0 Å². The molecule has 0 aliphatic carbocycles. The van der Waals surface area contributed by atoms with Crippen LogP contribution in [-0.2, 0) is 21.1 Å². The fraction of sp³-hybridized carbons (Fsp3) is 0.111. The molecular formula is C9H8MoOSi. The standard InChI is InChI=1S/C9H8O.Mo.Si/c1-2-6-9-8(4-1)5-3-7-10-9;;/h1-6H,7H2;;. The normalized spacial score (nSPS) is 11.7. The van der Waals surface area contributed by atoms with Crippen LogP contribution in [0.1, 0.15) is 5.56 Å². The van der Waals surface area contributed by atoms with Crippen LogP contribution in [-0.4, -0.2) is 17.6 Å². The number of hydrogen-bond donors (Lipinski definition) is 0. The third-order valence-corrected chi connectivity index (χ3v) is 1.55. The Balaban J connectivity index is 0.000000605. The zero-order chi connectivity index (χ0) is 6.81. The first-order valence-corrected chi connectivity index (χ1v) is 3.35. The molecule has 60 valence electrons. The van der Waals surface area contributed by atoms with Gasteiger partial charge < -0.3 is 4.74 Å². The van der Waals surface area contributed by atoms with Crippen LogP contribution in [0.4, 0.5) is 0 Å². The van der Waals surface area contributed by atoms with E-state index in [0.29, 0.717) is 6.61 Å². The van der Waals surface area contributed by atoms with Crippen molar-refractivity contribution >= 4 is 17.0 Å². The maximum absolute atomic E-state index is 5.34. The smallest absolute Gasteiger partial charge is 0.126 e. The molecule has 1 heterocycles. The fourth-order valence-electron chi connectivity index (χ4n) is 1.06. The molecule has 0 bridgehead atoms. The van der Waals surface area contributed by atoms with Gasteiger partial charge in [0, 0.05) is 37.6 Å². The second-order valence-electron chi connectivity index (χ2n) is 2.25. The first-order valence-electron chi connectivity index (χ1n) is 3.35. The summed E-state index contributed by atoms with van der Waals surface area (Å²) in [4.78, 5) is 0. The number of rotatable bonds is 0. The van der Waals surface area contributed by atoms with Gasteiger partial charge in [0.05, 0.1) is 0 Å². The Morgan fingerprint density at radius 3 is 2.67 bits per heavy atom. The Morgan fingerprint density at radius 2 is 1.92 bits per heavy atom. The van der Waals surface area contributed by atoms with Gasteiger partial charge in [-0.05, 0) is 12.1 Å². The molecule has 0 N–H and O–H groups in total. The molecule has 1 aromatic rings. The predicted octanol–water partition coefficient (Wildman–Crippen LogP) is 1.71. The summed E-state index contributed by atoms with van der Waals surface area (Å²) in [7, 11) is 0. The Hall–Kier alpha value is -0.335. The van der Waals surface area contributed by atoms with Crippen molar-refractivity contribution in [2.24, 2.45) is 0 Å². The first kappa shape index (κ1) is 11.7. The minimum absolute atomic E-state index is 0. The van der Waals surface area contributed by atoms with Gasteiger partial charge in [-0.3, -0.25) is 0 Å². The molecule has 0 spiro atoms. The average molecular weight is 256 g/mol. The quantitative estimate of drug-likeness (QED) is 0.642. The van der Waals surface area contributed by atoms with E-state index in [2.05, 4.69) is 6.08 Å². The molecule has 0 fully saturated rings. The Bertz CT molecular complexity index is 273. The van der Waals surface area contributed by atoms with Crippen molar-refractivity contribution in [1.82, 2.24) is 0 Å². The molecule has 4 radical (unpaired) electrons. The minimum Gasteiger partial charge on any atom is -0.489 e. The van der Waals surface area contributed by atoms with Crippen molar-refractivity contribution in [3.05, 3.63) is 35.9 Å². The summed E-state index contributed by atoms with van der Waals surface area (Å²) < 4.78 is 5.34. The molecule has 1 aromatic carbocycles. The van der Waals surface area contributed by atoms with Crippen LogP contribution in [0, 0.1) is 0 Å². The molecule has 3 heteroatoms. The second-order valence-corrected chi connectivity index (χ2v) is 2.25. The van der Waals surface area contributed by atoms with Crippen LogP contribution in [0.15, 0.2) is 30.3 Å². The number of hydrogen-bond acceptors (Lipinski definition) is 1. The van der Waals surface area contributed by atoms with E-state index in [1.54, 1.807) is 0 Å². The van der Waals surface area contributed by atoms with Crippen molar-refractivity contribution < 1.29 is 25.8 Å². The molecule has 2 rings (SSSR count). The third-order valence-electron chi connectivity index (χ3n) is 1.55. The molecule has 12 heavy (non-hydrogen) atoms. The van der Waals surface area contributed by atoms with Gasteiger partial charge in [-0.1, -0.05) is 24.3 Å². The van der Waals surface area contributed by atoms with E-state index in [1.807, 2.05) is 30.3 Å². The minimum atomic E-state index is 0. The Kier molecular flexibility index (Phi) is 5.19. The van der Waals surface area contributed by atoms with E-state index in [0.717, 1.165) is 5.75 Å². The van der Waals surface area contributed by atoms with Crippen LogP contribution in [0.3, 0.4) is 0 Å². The van der Waals surface area contributed by atoms with Gasteiger partial charge in [0.15, 0.2) is 0 Å². The molecule has 0 amide bonds. The van der Waals surface area contributed by atoms with E-state index in [1.165, 1.54) is 5.56 Å². The van der Waals surface area contributed by atoms with Gasteiger partial charge >= 0.3 is 0 Å². The molecule has 1 aliphatic rings. The molecule has 0 saturated carbocycles. The van der Waals surface area contributed by atoms with Gasteiger partial charge in [0.1, 0.15) is 12.4 Å². The summed E-state index contributed by atoms with van der Waals surface area (Å²) in [5, 5.41) is 0. The summed E-state index contributed by atoms with van der Waals surface area (Å²) in [6.45, 7) is 0.705. The average Bonchev–Trinajstić information content (AvgIpc) is 2.05. The Labute approximate surface area is 91.1 Å². The van der Waals surface area contributed by atoms with E-state index < -0.39 is 0 Å². The van der Waals surface area contributed by atoms with Crippen LogP contribution < -0.4 is 4.74 Å². The van der Waals surface area contributed by atoms with Gasteiger partial charge in [0.2, 0.25) is 0 Å². The number of fused-ring (bicyclic) bond motifs is 1. The van der Waals surface area contributed by atoms with E-state index in [9.17, 15) is 0 Å². The number of benzene rings is 1. The van der Waals surface area contributed by atoms with Crippen molar-refractivity contribution in [3.8, 4) is 5.75 Å². The third kappa shape index (κ3) is 2.33. The maximum atomic E-state index is 5.34. The predicted molar refractivity (Wildman–Crippen MR) is 46.7 cm³/mol. The number of ether oxygens (including phenoxy) is 1. The van der Waals surface area contributed by atoms with E-state index in [-0.39, 0.29) is 32.0 Å². The molecule has 0 aromatic heterocycles. The summed E-state index contributed by atoms with van der Waals surface area (Å²) in [5.74, 6) is 0.991. The SMILES string of the molecule is C1=Cc2ccccc2OC1.[Mo].[Si]. The largest absolute Gasteiger partial charge is 0.489 e. The fourth-order valence-corrected chi connectivity index (χ4v) is 1.06. The summed E-state index contributed by atoms with van der Waals surface area (Å²) in [6.07, 6.45) is 4.10. The van der Waals surface area contributed by atoms with Crippen molar-refractivity contribution in [2.45, 2.75) is 0 Å². The molecule has 1 aliphatic heterocycles. The molecule has 0 saturated heterocycles. The maximum Gasteiger partial charge on any atom is 0.126 e. The Morgan fingerprint density at radius 1 is 1.17 bits per heavy atom. The summed E-state index contributed by atoms with van der Waals surface area (Å²) >= 11 is 0. The second kappa shape index (κ2) is 5.34. The van der Waals surface area contributed by atoms with Crippen LogP contribution in [0.25, 0.3) is 6.08 Å². The molecule has 1 nitrogen and oxygen atoms in total. The van der Waals surface area contributed by atoms with Crippen LogP contribution in [0.2, 0.25) is 0 Å². The van der Waals surface area contributed by atoms with Gasteiger partial charge in [-0.2, -0.15) is 0 Å². The molecule has 0 unspecified atom stereocenters. The summed E-state index contributed by atoms with van der Waals surface area (Å²) in [6, 6.07) is 8.03. The monoisotopic (exact) mass is 258 g/mol. The van der Waals surface area contributed by atoms with Crippen molar-refractivity contribution in [1.29, 1.82) is 0 Å². The van der Waals surface area contributed by atoms with Crippen molar-refractivity contribution in [2.75, 3.05) is 6.61 Å². The van der Waals surface area contributed by atoms with Crippen molar-refractivity contribution in [3.63, 3.8) is 0 Å². The zero-order valence-electron chi connectivity index (χ0n) is 6.49. The van der Waals surface area contributed by atoms with Gasteiger partial charge in [-0.25, -0.2) is 0 Å². The van der Waals surface area contributed by atoms with Crippen LogP contribution >= 0.6 is 0 Å². The number of para-hydroxylation sites is 1. The van der Waals surface area contributed by atoms with Crippen LogP contribution in [0.5, 0.6) is 5.75 Å². The van der Waals surface area contributed by atoms with E-state index in [4.69, 9.17) is 4.74 Å².